The lowest BCUT2D eigenvalue weighted by Crippen LogP contribution is -2.24. The van der Waals surface area contributed by atoms with Gasteiger partial charge in [-0.3, -0.25) is 4.79 Å². The van der Waals surface area contributed by atoms with Crippen LogP contribution in [0.3, 0.4) is 0 Å². The third kappa shape index (κ3) is 3.68. The summed E-state index contributed by atoms with van der Waals surface area (Å²) in [5, 5.41) is 3.83. The summed E-state index contributed by atoms with van der Waals surface area (Å²) in [6.45, 7) is 0.359. The van der Waals surface area contributed by atoms with Gasteiger partial charge in [0.2, 0.25) is 5.91 Å². The molecule has 2 aromatic carbocycles. The number of benzene rings is 2. The van der Waals surface area contributed by atoms with Gasteiger partial charge >= 0.3 is 0 Å². The van der Waals surface area contributed by atoms with E-state index in [1.165, 1.54) is 23.9 Å². The van der Waals surface area contributed by atoms with Crippen molar-refractivity contribution in [3.63, 3.8) is 0 Å². The molecule has 0 aliphatic heterocycles. The van der Waals surface area contributed by atoms with Crippen molar-refractivity contribution < 1.29 is 13.6 Å². The van der Waals surface area contributed by atoms with E-state index < -0.39 is 0 Å². The van der Waals surface area contributed by atoms with Crippen molar-refractivity contribution in [2.45, 2.75) is 11.4 Å². The van der Waals surface area contributed by atoms with Crippen LogP contribution in [0.1, 0.15) is 5.76 Å². The monoisotopic (exact) mass is 315 g/mol. The van der Waals surface area contributed by atoms with E-state index in [0.717, 1.165) is 21.6 Å². The van der Waals surface area contributed by atoms with E-state index in [2.05, 4.69) is 5.32 Å². The number of rotatable bonds is 5. The number of carbonyl (C=O) groups excluding carboxylic acids is 1. The Labute approximate surface area is 131 Å². The summed E-state index contributed by atoms with van der Waals surface area (Å²) in [4.78, 5) is 12.7. The summed E-state index contributed by atoms with van der Waals surface area (Å²) in [5.41, 5.74) is 0.812. The van der Waals surface area contributed by atoms with Crippen LogP contribution in [-0.4, -0.2) is 11.7 Å². The molecule has 0 saturated heterocycles. The first-order chi connectivity index (χ1) is 10.7. The molecule has 0 spiro atoms. The number of nitrogens with one attached hydrogen (secondary N) is 1. The van der Waals surface area contributed by atoms with Crippen LogP contribution in [0.15, 0.2) is 63.9 Å². The molecule has 0 saturated carbocycles. The Kier molecular flexibility index (Phi) is 4.44. The van der Waals surface area contributed by atoms with E-state index in [1.54, 1.807) is 12.1 Å². The first kappa shape index (κ1) is 14.7. The van der Waals surface area contributed by atoms with Gasteiger partial charge < -0.3 is 9.73 Å². The van der Waals surface area contributed by atoms with Gasteiger partial charge in [0.1, 0.15) is 17.2 Å². The highest BCUT2D eigenvalue weighted by Crippen LogP contribution is 2.19. The van der Waals surface area contributed by atoms with E-state index in [1.807, 2.05) is 30.3 Å². The maximum Gasteiger partial charge on any atom is 0.230 e. The van der Waals surface area contributed by atoms with Crippen LogP contribution < -0.4 is 5.32 Å². The number of furan rings is 1. The molecule has 3 nitrogen and oxygen atoms in total. The molecule has 0 fully saturated rings. The second-order valence-corrected chi connectivity index (χ2v) is 5.82. The fourth-order valence-corrected chi connectivity index (χ4v) is 2.77. The van der Waals surface area contributed by atoms with Crippen LogP contribution >= 0.6 is 11.8 Å². The quantitative estimate of drug-likeness (QED) is 0.724. The molecule has 3 aromatic rings. The molecule has 0 radical (unpaired) electrons. The highest BCUT2D eigenvalue weighted by atomic mass is 32.2. The Balaban J connectivity index is 1.50. The average Bonchev–Trinajstić information content (AvgIpc) is 2.95. The minimum Gasteiger partial charge on any atom is -0.459 e. The topological polar surface area (TPSA) is 42.2 Å². The predicted octanol–water partition coefficient (Wildman–Crippen LogP) is 3.98. The van der Waals surface area contributed by atoms with Crippen LogP contribution in [0.25, 0.3) is 11.0 Å². The second-order valence-electron chi connectivity index (χ2n) is 4.77. The number of hydrogen-bond acceptors (Lipinski definition) is 3. The van der Waals surface area contributed by atoms with Crippen molar-refractivity contribution >= 4 is 28.6 Å². The smallest absolute Gasteiger partial charge is 0.230 e. The van der Waals surface area contributed by atoms with Gasteiger partial charge in [0.05, 0.1) is 12.3 Å². The van der Waals surface area contributed by atoms with Crippen LogP contribution in [0.4, 0.5) is 4.39 Å². The van der Waals surface area contributed by atoms with E-state index in [9.17, 15) is 9.18 Å². The third-order valence-corrected chi connectivity index (χ3v) is 4.13. The van der Waals surface area contributed by atoms with Crippen LogP contribution in [0.5, 0.6) is 0 Å². The van der Waals surface area contributed by atoms with E-state index >= 15 is 0 Å². The lowest BCUT2D eigenvalue weighted by molar-refractivity contribution is -0.118. The van der Waals surface area contributed by atoms with Crippen LogP contribution in [0, 0.1) is 5.82 Å². The minimum absolute atomic E-state index is 0.0882. The molecule has 1 heterocycles. The summed E-state index contributed by atoms with van der Waals surface area (Å²) >= 11 is 1.37. The lowest BCUT2D eigenvalue weighted by atomic mass is 10.2. The molecular formula is C17H14FNO2S. The number of halogens is 1. The summed E-state index contributed by atoms with van der Waals surface area (Å²) in [6.07, 6.45) is 0. The molecule has 3 rings (SSSR count). The Hall–Kier alpha value is -2.27. The summed E-state index contributed by atoms with van der Waals surface area (Å²) < 4.78 is 18.4. The molecule has 0 atom stereocenters. The van der Waals surface area contributed by atoms with Crippen molar-refractivity contribution in [1.82, 2.24) is 5.32 Å². The number of para-hydroxylation sites is 1. The van der Waals surface area contributed by atoms with Crippen LogP contribution in [-0.2, 0) is 11.3 Å². The normalized spacial score (nSPS) is 10.8. The second kappa shape index (κ2) is 6.66. The maximum absolute atomic E-state index is 12.8. The Morgan fingerprint density at radius 2 is 1.91 bits per heavy atom. The number of hydrogen-bond donors (Lipinski definition) is 1. The highest BCUT2D eigenvalue weighted by Gasteiger charge is 2.06. The zero-order valence-electron chi connectivity index (χ0n) is 11.7. The van der Waals surface area contributed by atoms with Crippen LogP contribution in [0.2, 0.25) is 0 Å². The van der Waals surface area contributed by atoms with Gasteiger partial charge in [-0.15, -0.1) is 11.8 Å². The number of fused-ring (bicyclic) bond motifs is 1. The van der Waals surface area contributed by atoms with Crippen molar-refractivity contribution in [3.8, 4) is 0 Å². The zero-order valence-corrected chi connectivity index (χ0v) is 12.5. The number of amides is 1. The van der Waals surface area contributed by atoms with Gasteiger partial charge in [-0.05, 0) is 36.4 Å². The van der Waals surface area contributed by atoms with Gasteiger partial charge in [0.25, 0.3) is 0 Å². The fraction of sp³-hybridized carbons (Fsp3) is 0.118. The first-order valence-corrected chi connectivity index (χ1v) is 7.82. The Bertz CT molecular complexity index is 750. The molecule has 112 valence electrons. The Morgan fingerprint density at radius 3 is 2.68 bits per heavy atom. The summed E-state index contributed by atoms with van der Waals surface area (Å²) in [6, 6.07) is 15.7. The third-order valence-electron chi connectivity index (χ3n) is 3.12. The molecule has 1 amide bonds. The SMILES string of the molecule is O=C(CSc1ccc(F)cc1)NCc1cc2ccccc2o1. The van der Waals surface area contributed by atoms with Gasteiger partial charge in [-0.25, -0.2) is 4.39 Å². The Morgan fingerprint density at radius 1 is 1.14 bits per heavy atom. The van der Waals surface area contributed by atoms with Gasteiger partial charge in [0, 0.05) is 10.3 Å². The van der Waals surface area contributed by atoms with Crippen molar-refractivity contribution in [1.29, 1.82) is 0 Å². The lowest BCUT2D eigenvalue weighted by Gasteiger charge is -2.03. The molecule has 0 aliphatic rings. The van der Waals surface area contributed by atoms with E-state index in [4.69, 9.17) is 4.42 Å². The number of thioether (sulfide) groups is 1. The largest absolute Gasteiger partial charge is 0.459 e. The van der Waals surface area contributed by atoms with Crippen molar-refractivity contribution in [3.05, 3.63) is 66.2 Å². The molecule has 1 aromatic heterocycles. The molecule has 22 heavy (non-hydrogen) atoms. The van der Waals surface area contributed by atoms with E-state index in [0.29, 0.717) is 6.54 Å². The highest BCUT2D eigenvalue weighted by molar-refractivity contribution is 8.00. The zero-order chi connectivity index (χ0) is 15.4. The summed E-state index contributed by atoms with van der Waals surface area (Å²) in [5.74, 6) is 0.640. The van der Waals surface area contributed by atoms with Crippen molar-refractivity contribution in [2.75, 3.05) is 5.75 Å². The number of carbonyl (C=O) groups is 1. The van der Waals surface area contributed by atoms with Crippen molar-refractivity contribution in [2.24, 2.45) is 0 Å². The van der Waals surface area contributed by atoms with E-state index in [-0.39, 0.29) is 17.5 Å². The summed E-state index contributed by atoms with van der Waals surface area (Å²) in [7, 11) is 0. The maximum atomic E-state index is 12.8. The fourth-order valence-electron chi connectivity index (χ4n) is 2.04. The molecule has 0 bridgehead atoms. The molecule has 0 aliphatic carbocycles. The standard InChI is InChI=1S/C17H14FNO2S/c18-13-5-7-15(8-6-13)22-11-17(20)19-10-14-9-12-3-1-2-4-16(12)21-14/h1-9H,10-11H2,(H,19,20). The minimum atomic E-state index is -0.279. The molecule has 1 N–H and O–H groups in total. The first-order valence-electron chi connectivity index (χ1n) is 6.83. The molecular weight excluding hydrogens is 301 g/mol. The average molecular weight is 315 g/mol. The molecule has 5 heteroatoms. The van der Waals surface area contributed by atoms with Gasteiger partial charge in [-0.1, -0.05) is 18.2 Å². The van der Waals surface area contributed by atoms with Gasteiger partial charge in [-0.2, -0.15) is 0 Å². The predicted molar refractivity (Wildman–Crippen MR) is 85.2 cm³/mol. The molecule has 0 unspecified atom stereocenters. The van der Waals surface area contributed by atoms with Gasteiger partial charge in [0.15, 0.2) is 0 Å².